The molecule has 9 nitrogen and oxygen atoms in total. The molecule has 2 aromatic heterocycles. The van der Waals surface area contributed by atoms with Gasteiger partial charge in [-0.15, -0.1) is 0 Å². The number of carbonyl (C=O) groups is 1. The predicted molar refractivity (Wildman–Crippen MR) is 106 cm³/mol. The molecule has 2 saturated heterocycles. The van der Waals surface area contributed by atoms with Crippen LogP contribution in [0.4, 0.5) is 10.6 Å². The highest BCUT2D eigenvalue weighted by Crippen LogP contribution is 2.60. The van der Waals surface area contributed by atoms with Gasteiger partial charge >= 0.3 is 6.03 Å². The lowest BCUT2D eigenvalue weighted by Crippen LogP contribution is -2.49. The summed E-state index contributed by atoms with van der Waals surface area (Å²) in [5.41, 5.74) is 1.74. The van der Waals surface area contributed by atoms with Gasteiger partial charge in [0.05, 0.1) is 12.4 Å². The highest BCUT2D eigenvalue weighted by molar-refractivity contribution is 5.83. The van der Waals surface area contributed by atoms with Crippen LogP contribution in [0.25, 0.3) is 11.2 Å². The van der Waals surface area contributed by atoms with Crippen molar-refractivity contribution in [2.24, 2.45) is 17.8 Å². The SMILES string of the molecule is O=C1NCCN1C1CCCN(c2ncnc3c2ncn3[C@H]2C[C@@H](CO)[C@@H]3C[C@@H]32)C1. The summed E-state index contributed by atoms with van der Waals surface area (Å²) >= 11 is 0. The van der Waals surface area contributed by atoms with Gasteiger partial charge in [0.1, 0.15) is 6.33 Å². The van der Waals surface area contributed by atoms with Crippen molar-refractivity contribution in [1.29, 1.82) is 0 Å². The van der Waals surface area contributed by atoms with Gasteiger partial charge in [0.25, 0.3) is 0 Å². The van der Waals surface area contributed by atoms with E-state index in [1.165, 1.54) is 6.42 Å². The van der Waals surface area contributed by atoms with E-state index in [1.54, 1.807) is 6.33 Å². The Morgan fingerprint density at radius 3 is 2.90 bits per heavy atom. The third kappa shape index (κ3) is 2.70. The number of imidazole rings is 1. The largest absolute Gasteiger partial charge is 0.396 e. The van der Waals surface area contributed by atoms with Gasteiger partial charge in [0.15, 0.2) is 17.0 Å². The second kappa shape index (κ2) is 6.55. The fraction of sp³-hybridized carbons (Fsp3) is 0.700. The van der Waals surface area contributed by atoms with E-state index < -0.39 is 0 Å². The number of aromatic nitrogens is 4. The Morgan fingerprint density at radius 2 is 2.10 bits per heavy atom. The van der Waals surface area contributed by atoms with Crippen LogP contribution in [0.2, 0.25) is 0 Å². The number of rotatable bonds is 4. The number of nitrogens with zero attached hydrogens (tertiary/aromatic N) is 6. The van der Waals surface area contributed by atoms with E-state index in [9.17, 15) is 9.90 Å². The molecule has 1 unspecified atom stereocenters. The van der Waals surface area contributed by atoms with Gasteiger partial charge in [0.2, 0.25) is 0 Å². The summed E-state index contributed by atoms with van der Waals surface area (Å²) in [5.74, 6) is 2.61. The van der Waals surface area contributed by atoms with Gasteiger partial charge in [-0.1, -0.05) is 0 Å². The second-order valence-corrected chi connectivity index (χ2v) is 9.00. The minimum absolute atomic E-state index is 0.0487. The van der Waals surface area contributed by atoms with Crippen molar-refractivity contribution in [3.05, 3.63) is 12.7 Å². The first-order valence-corrected chi connectivity index (χ1v) is 10.8. The summed E-state index contributed by atoms with van der Waals surface area (Å²) < 4.78 is 2.22. The zero-order chi connectivity index (χ0) is 19.5. The van der Waals surface area contributed by atoms with Gasteiger partial charge in [0, 0.05) is 38.8 Å². The maximum atomic E-state index is 12.1. The van der Waals surface area contributed by atoms with E-state index in [2.05, 4.69) is 24.8 Å². The summed E-state index contributed by atoms with van der Waals surface area (Å²) in [4.78, 5) is 30.2. The molecule has 2 aliphatic carbocycles. The maximum absolute atomic E-state index is 12.1. The molecule has 4 fully saturated rings. The molecule has 5 atom stereocenters. The van der Waals surface area contributed by atoms with Crippen molar-refractivity contribution < 1.29 is 9.90 Å². The molecule has 2 aliphatic heterocycles. The van der Waals surface area contributed by atoms with Crippen LogP contribution in [-0.2, 0) is 0 Å². The zero-order valence-corrected chi connectivity index (χ0v) is 16.4. The van der Waals surface area contributed by atoms with Crippen molar-refractivity contribution in [3.8, 4) is 0 Å². The van der Waals surface area contributed by atoms with Crippen molar-refractivity contribution in [2.75, 3.05) is 37.7 Å². The number of aliphatic hydroxyl groups is 1. The quantitative estimate of drug-likeness (QED) is 0.799. The van der Waals surface area contributed by atoms with Gasteiger partial charge in [-0.05, 0) is 43.4 Å². The number of amides is 2. The summed E-state index contributed by atoms with van der Waals surface area (Å²) in [5, 5.41) is 12.6. The molecule has 2 saturated carbocycles. The number of piperidine rings is 1. The van der Waals surface area contributed by atoms with Crippen LogP contribution < -0.4 is 10.2 Å². The van der Waals surface area contributed by atoms with Crippen molar-refractivity contribution in [1.82, 2.24) is 29.7 Å². The minimum Gasteiger partial charge on any atom is -0.396 e. The third-order valence-electron chi connectivity index (χ3n) is 7.49. The first-order valence-electron chi connectivity index (χ1n) is 10.8. The number of hydrogen-bond donors (Lipinski definition) is 2. The molecule has 0 spiro atoms. The number of aliphatic hydroxyl groups excluding tert-OH is 1. The van der Waals surface area contributed by atoms with Crippen LogP contribution in [0.15, 0.2) is 12.7 Å². The Bertz CT molecular complexity index is 946. The smallest absolute Gasteiger partial charge is 0.317 e. The molecule has 4 heterocycles. The fourth-order valence-electron chi connectivity index (χ4n) is 5.96. The number of carbonyl (C=O) groups excluding carboxylic acids is 1. The Kier molecular flexibility index (Phi) is 3.94. The predicted octanol–water partition coefficient (Wildman–Crippen LogP) is 1.01. The Labute approximate surface area is 169 Å². The molecule has 2 aromatic rings. The molecular weight excluding hydrogens is 370 g/mol. The standard InChI is InChI=1S/C20H27N7O2/c28-9-12-6-16(15-7-14(12)15)27-11-24-17-18(22-10-23-19(17)27)25-4-1-2-13(8-25)26-5-3-21-20(26)29/h10-16,28H,1-9H2,(H,21,29)/t12-,13?,14-,15-,16-/m0/s1. The normalized spacial score (nSPS) is 34.0. The number of nitrogens with one attached hydrogen (secondary N) is 1. The lowest BCUT2D eigenvalue weighted by atomic mass is 10.0. The van der Waals surface area contributed by atoms with E-state index in [0.29, 0.717) is 23.8 Å². The Morgan fingerprint density at radius 1 is 1.17 bits per heavy atom. The molecule has 0 radical (unpaired) electrons. The monoisotopic (exact) mass is 397 g/mol. The van der Waals surface area contributed by atoms with E-state index in [0.717, 1.165) is 62.4 Å². The second-order valence-electron chi connectivity index (χ2n) is 9.00. The van der Waals surface area contributed by atoms with Crippen molar-refractivity contribution >= 4 is 23.0 Å². The van der Waals surface area contributed by atoms with E-state index in [4.69, 9.17) is 4.98 Å². The summed E-state index contributed by atoms with van der Waals surface area (Å²) in [6, 6.07) is 0.644. The topological polar surface area (TPSA) is 99.4 Å². The maximum Gasteiger partial charge on any atom is 0.317 e. The fourth-order valence-corrected chi connectivity index (χ4v) is 5.96. The number of urea groups is 1. The third-order valence-corrected chi connectivity index (χ3v) is 7.49. The van der Waals surface area contributed by atoms with E-state index >= 15 is 0 Å². The summed E-state index contributed by atoms with van der Waals surface area (Å²) in [6.07, 6.45) is 7.83. The minimum atomic E-state index is 0.0487. The van der Waals surface area contributed by atoms with Crippen molar-refractivity contribution in [2.45, 2.75) is 37.8 Å². The average molecular weight is 397 g/mol. The lowest BCUT2D eigenvalue weighted by Gasteiger charge is -2.37. The number of fused-ring (bicyclic) bond motifs is 2. The van der Waals surface area contributed by atoms with Gasteiger partial charge in [-0.2, -0.15) is 0 Å². The number of hydrogen-bond acceptors (Lipinski definition) is 6. The first-order chi connectivity index (χ1) is 14.2. The molecule has 9 heteroatoms. The summed E-state index contributed by atoms with van der Waals surface area (Å²) in [6.45, 7) is 3.50. The van der Waals surface area contributed by atoms with Gasteiger partial charge in [-0.3, -0.25) is 0 Å². The molecule has 0 aromatic carbocycles. The molecule has 0 bridgehead atoms. The molecule has 6 rings (SSSR count). The Hall–Kier alpha value is -2.42. The van der Waals surface area contributed by atoms with E-state index in [1.807, 2.05) is 11.2 Å². The molecule has 154 valence electrons. The van der Waals surface area contributed by atoms with Crippen LogP contribution in [0, 0.1) is 17.8 Å². The lowest BCUT2D eigenvalue weighted by molar-refractivity contribution is 0.189. The first kappa shape index (κ1) is 17.4. The highest BCUT2D eigenvalue weighted by Gasteiger charge is 2.54. The molecular formula is C20H27N7O2. The Balaban J connectivity index is 1.29. The highest BCUT2D eigenvalue weighted by atomic mass is 16.3. The van der Waals surface area contributed by atoms with Crippen LogP contribution in [0.1, 0.15) is 31.7 Å². The van der Waals surface area contributed by atoms with E-state index in [-0.39, 0.29) is 18.7 Å². The van der Waals surface area contributed by atoms with Crippen molar-refractivity contribution in [3.63, 3.8) is 0 Å². The molecule has 2 amide bonds. The number of anilines is 1. The average Bonchev–Trinajstić information content (AvgIpc) is 3.08. The van der Waals surface area contributed by atoms with Gasteiger partial charge < -0.3 is 24.8 Å². The van der Waals surface area contributed by atoms with Gasteiger partial charge in [-0.25, -0.2) is 19.7 Å². The van der Waals surface area contributed by atoms with Crippen LogP contribution >= 0.6 is 0 Å². The summed E-state index contributed by atoms with van der Waals surface area (Å²) in [7, 11) is 0. The zero-order valence-electron chi connectivity index (χ0n) is 16.4. The van der Waals surface area contributed by atoms with Crippen LogP contribution in [-0.4, -0.2) is 74.4 Å². The molecule has 29 heavy (non-hydrogen) atoms. The van der Waals surface area contributed by atoms with Crippen LogP contribution in [0.3, 0.4) is 0 Å². The molecule has 4 aliphatic rings. The van der Waals surface area contributed by atoms with Crippen LogP contribution in [0.5, 0.6) is 0 Å². The molecule has 2 N–H and O–H groups in total.